The first-order chi connectivity index (χ1) is 8.19. The van der Waals surface area contributed by atoms with Crippen molar-refractivity contribution in [1.29, 1.82) is 0 Å². The van der Waals surface area contributed by atoms with Crippen LogP contribution >= 0.6 is 0 Å². The van der Waals surface area contributed by atoms with Crippen LogP contribution in [0.4, 0.5) is 5.82 Å². The Balaban J connectivity index is 2.02. The molecule has 2 heterocycles. The van der Waals surface area contributed by atoms with Gasteiger partial charge in [0.2, 0.25) is 5.88 Å². The summed E-state index contributed by atoms with van der Waals surface area (Å²) < 4.78 is 6.86. The van der Waals surface area contributed by atoms with E-state index in [1.807, 2.05) is 32.2 Å². The summed E-state index contributed by atoms with van der Waals surface area (Å²) in [5.41, 5.74) is 2.11. The van der Waals surface area contributed by atoms with Gasteiger partial charge in [-0.3, -0.25) is 0 Å². The Bertz CT molecular complexity index is 507. The maximum absolute atomic E-state index is 5.15. The lowest BCUT2D eigenvalue weighted by molar-refractivity contribution is 0.373. The molecule has 0 aliphatic carbocycles. The van der Waals surface area contributed by atoms with Crippen molar-refractivity contribution < 1.29 is 4.74 Å². The summed E-state index contributed by atoms with van der Waals surface area (Å²) in [6.07, 6.45) is 1.79. The molecule has 2 rings (SSSR count). The van der Waals surface area contributed by atoms with Crippen LogP contribution in [0.25, 0.3) is 0 Å². The minimum Gasteiger partial charge on any atom is -0.481 e. The third kappa shape index (κ3) is 2.75. The monoisotopic (exact) mass is 232 g/mol. The smallest absolute Gasteiger partial charge is 0.211 e. The Morgan fingerprint density at radius 1 is 1.41 bits per heavy atom. The number of ether oxygens (including phenoxy) is 1. The van der Waals surface area contributed by atoms with Gasteiger partial charge in [0.1, 0.15) is 5.82 Å². The zero-order valence-corrected chi connectivity index (χ0v) is 10.3. The normalized spacial score (nSPS) is 10.3. The van der Waals surface area contributed by atoms with Crippen LogP contribution in [0.2, 0.25) is 0 Å². The van der Waals surface area contributed by atoms with E-state index in [2.05, 4.69) is 15.4 Å². The molecule has 0 aromatic carbocycles. The molecule has 0 aliphatic heterocycles. The standard InChI is InChI=1S/C12H16N4O/c1-9-4-5-13-11(6-9)14-8-10-7-12(17-3)16(2)15-10/h4-7H,8H2,1-3H3,(H,13,14). The van der Waals surface area contributed by atoms with E-state index in [0.717, 1.165) is 17.4 Å². The average Bonchev–Trinajstić information content (AvgIpc) is 2.67. The van der Waals surface area contributed by atoms with Gasteiger partial charge in [0, 0.05) is 19.3 Å². The minimum absolute atomic E-state index is 0.633. The predicted octanol–water partition coefficient (Wildman–Crippen LogP) is 1.74. The fraction of sp³-hybridized carbons (Fsp3) is 0.333. The molecule has 0 radical (unpaired) electrons. The van der Waals surface area contributed by atoms with Gasteiger partial charge in [-0.25, -0.2) is 9.67 Å². The largest absolute Gasteiger partial charge is 0.481 e. The van der Waals surface area contributed by atoms with Crippen LogP contribution in [0.3, 0.4) is 0 Å². The van der Waals surface area contributed by atoms with Crippen LogP contribution < -0.4 is 10.1 Å². The fourth-order valence-electron chi connectivity index (χ4n) is 1.60. The molecule has 0 fully saturated rings. The topological polar surface area (TPSA) is 52.0 Å². The van der Waals surface area contributed by atoms with Crippen LogP contribution in [0.5, 0.6) is 5.88 Å². The number of methoxy groups -OCH3 is 1. The molecule has 0 bridgehead atoms. The summed E-state index contributed by atoms with van der Waals surface area (Å²) in [6, 6.07) is 5.87. The van der Waals surface area contributed by atoms with Crippen molar-refractivity contribution in [2.24, 2.45) is 7.05 Å². The Labute approximate surface area is 100 Å². The van der Waals surface area contributed by atoms with Crippen LogP contribution in [-0.4, -0.2) is 21.9 Å². The lowest BCUT2D eigenvalue weighted by Gasteiger charge is -2.03. The van der Waals surface area contributed by atoms with Gasteiger partial charge in [-0.15, -0.1) is 0 Å². The van der Waals surface area contributed by atoms with E-state index in [9.17, 15) is 0 Å². The fourth-order valence-corrected chi connectivity index (χ4v) is 1.60. The van der Waals surface area contributed by atoms with Gasteiger partial charge >= 0.3 is 0 Å². The molecule has 0 unspecified atom stereocenters. The van der Waals surface area contributed by atoms with Crippen molar-refractivity contribution >= 4 is 5.82 Å². The van der Waals surface area contributed by atoms with E-state index in [-0.39, 0.29) is 0 Å². The zero-order valence-electron chi connectivity index (χ0n) is 10.3. The highest BCUT2D eigenvalue weighted by molar-refractivity contribution is 5.37. The molecule has 0 saturated heterocycles. The Morgan fingerprint density at radius 3 is 2.88 bits per heavy atom. The molecular weight excluding hydrogens is 216 g/mol. The molecule has 5 heteroatoms. The highest BCUT2D eigenvalue weighted by Gasteiger charge is 2.04. The maximum Gasteiger partial charge on any atom is 0.211 e. The third-order valence-corrected chi connectivity index (χ3v) is 2.46. The van der Waals surface area contributed by atoms with Crippen molar-refractivity contribution in [3.63, 3.8) is 0 Å². The summed E-state index contributed by atoms with van der Waals surface area (Å²) in [5.74, 6) is 1.61. The molecule has 17 heavy (non-hydrogen) atoms. The van der Waals surface area contributed by atoms with E-state index in [1.54, 1.807) is 18.0 Å². The SMILES string of the molecule is COc1cc(CNc2cc(C)ccn2)nn1C. The molecular formula is C12H16N4O. The van der Waals surface area contributed by atoms with Gasteiger partial charge in [-0.05, 0) is 24.6 Å². The molecule has 0 amide bonds. The molecule has 5 nitrogen and oxygen atoms in total. The molecule has 2 aromatic heterocycles. The average molecular weight is 232 g/mol. The van der Waals surface area contributed by atoms with Crippen LogP contribution in [0.1, 0.15) is 11.3 Å². The van der Waals surface area contributed by atoms with E-state index in [4.69, 9.17) is 4.74 Å². The van der Waals surface area contributed by atoms with Gasteiger partial charge in [-0.2, -0.15) is 5.10 Å². The number of nitrogens with one attached hydrogen (secondary N) is 1. The maximum atomic E-state index is 5.15. The minimum atomic E-state index is 0.633. The Morgan fingerprint density at radius 2 is 2.24 bits per heavy atom. The lowest BCUT2D eigenvalue weighted by Crippen LogP contribution is -2.02. The van der Waals surface area contributed by atoms with Crippen molar-refractivity contribution in [2.75, 3.05) is 12.4 Å². The summed E-state index contributed by atoms with van der Waals surface area (Å²) >= 11 is 0. The quantitative estimate of drug-likeness (QED) is 0.872. The molecule has 1 N–H and O–H groups in total. The van der Waals surface area contributed by atoms with Gasteiger partial charge in [0.25, 0.3) is 0 Å². The highest BCUT2D eigenvalue weighted by atomic mass is 16.5. The van der Waals surface area contributed by atoms with E-state index in [0.29, 0.717) is 6.54 Å². The van der Waals surface area contributed by atoms with E-state index < -0.39 is 0 Å². The molecule has 2 aromatic rings. The lowest BCUT2D eigenvalue weighted by atomic mass is 10.3. The van der Waals surface area contributed by atoms with Crippen LogP contribution in [-0.2, 0) is 13.6 Å². The molecule has 0 aliphatic rings. The van der Waals surface area contributed by atoms with Crippen molar-refractivity contribution in [3.05, 3.63) is 35.7 Å². The molecule has 90 valence electrons. The summed E-state index contributed by atoms with van der Waals surface area (Å²) in [4.78, 5) is 4.23. The number of aryl methyl sites for hydroxylation is 2. The first kappa shape index (κ1) is 11.4. The number of rotatable bonds is 4. The first-order valence-corrected chi connectivity index (χ1v) is 5.42. The second-order valence-corrected chi connectivity index (χ2v) is 3.87. The zero-order chi connectivity index (χ0) is 12.3. The molecule has 0 atom stereocenters. The number of pyridine rings is 1. The number of anilines is 1. The second-order valence-electron chi connectivity index (χ2n) is 3.87. The predicted molar refractivity (Wildman–Crippen MR) is 66.1 cm³/mol. The number of hydrogen-bond donors (Lipinski definition) is 1. The van der Waals surface area contributed by atoms with Crippen LogP contribution in [0.15, 0.2) is 24.4 Å². The molecule has 0 spiro atoms. The number of hydrogen-bond acceptors (Lipinski definition) is 4. The Hall–Kier alpha value is -2.04. The number of aromatic nitrogens is 3. The van der Waals surface area contributed by atoms with Gasteiger partial charge in [-0.1, -0.05) is 0 Å². The summed E-state index contributed by atoms with van der Waals surface area (Å²) in [6.45, 7) is 2.67. The number of nitrogens with zero attached hydrogens (tertiary/aromatic N) is 3. The summed E-state index contributed by atoms with van der Waals surface area (Å²) in [5, 5.41) is 7.54. The summed E-state index contributed by atoms with van der Waals surface area (Å²) in [7, 11) is 3.49. The van der Waals surface area contributed by atoms with Gasteiger partial charge < -0.3 is 10.1 Å². The third-order valence-electron chi connectivity index (χ3n) is 2.46. The van der Waals surface area contributed by atoms with Crippen molar-refractivity contribution in [1.82, 2.24) is 14.8 Å². The van der Waals surface area contributed by atoms with Crippen LogP contribution in [0, 0.1) is 6.92 Å². The van der Waals surface area contributed by atoms with E-state index >= 15 is 0 Å². The highest BCUT2D eigenvalue weighted by Crippen LogP contribution is 2.12. The molecule has 0 saturated carbocycles. The van der Waals surface area contributed by atoms with Crippen molar-refractivity contribution in [3.8, 4) is 5.88 Å². The van der Waals surface area contributed by atoms with Gasteiger partial charge in [0.05, 0.1) is 19.3 Å². The first-order valence-electron chi connectivity index (χ1n) is 5.42. The van der Waals surface area contributed by atoms with Gasteiger partial charge in [0.15, 0.2) is 0 Å². The Kier molecular flexibility index (Phi) is 3.27. The second kappa shape index (κ2) is 4.86. The van der Waals surface area contributed by atoms with E-state index in [1.165, 1.54) is 5.56 Å². The van der Waals surface area contributed by atoms with Crippen molar-refractivity contribution in [2.45, 2.75) is 13.5 Å².